The van der Waals surface area contributed by atoms with E-state index in [1.54, 1.807) is 6.92 Å². The van der Waals surface area contributed by atoms with Crippen molar-refractivity contribution in [3.8, 4) is 21.6 Å². The van der Waals surface area contributed by atoms with Crippen LogP contribution in [0.15, 0.2) is 42.5 Å². The van der Waals surface area contributed by atoms with Crippen molar-refractivity contribution in [2.24, 2.45) is 0 Å². The molecule has 2 aromatic carbocycles. The molecule has 0 amide bonds. The van der Waals surface area contributed by atoms with E-state index in [-0.39, 0.29) is 5.97 Å². The van der Waals surface area contributed by atoms with Crippen LogP contribution >= 0.6 is 34.5 Å². The molecule has 0 unspecified atom stereocenters. The molecule has 3 rings (SSSR count). The fourth-order valence-corrected chi connectivity index (χ4v) is 4.52. The number of benzene rings is 2. The monoisotopic (exact) mass is 404 g/mol. The second-order valence-electron chi connectivity index (χ2n) is 5.99. The van der Waals surface area contributed by atoms with Crippen LogP contribution in [0.25, 0.3) is 21.6 Å². The number of halogens is 2. The van der Waals surface area contributed by atoms with E-state index < -0.39 is 0 Å². The van der Waals surface area contributed by atoms with E-state index in [0.29, 0.717) is 21.5 Å². The average Bonchev–Trinajstić information content (AvgIpc) is 3.00. The Balaban J connectivity index is 2.22. The lowest BCUT2D eigenvalue weighted by atomic mass is 9.96. The van der Waals surface area contributed by atoms with Gasteiger partial charge in [-0.05, 0) is 73.4 Å². The Hall–Kier alpha value is -1.81. The maximum atomic E-state index is 12.3. The smallest absolute Gasteiger partial charge is 0.348 e. The molecule has 0 bridgehead atoms. The fourth-order valence-electron chi connectivity index (χ4n) is 2.91. The van der Waals surface area contributed by atoms with E-state index in [0.717, 1.165) is 32.7 Å². The van der Waals surface area contributed by atoms with E-state index in [1.807, 2.05) is 56.3 Å². The number of carbonyl (C=O) groups is 1. The molecule has 0 fully saturated rings. The SMILES string of the molecule is CCOC(=O)c1cc(-c2ccc(Cl)cc2C)c(-c2ccc(Cl)cc2C)s1. The highest BCUT2D eigenvalue weighted by Crippen LogP contribution is 2.42. The lowest BCUT2D eigenvalue weighted by Gasteiger charge is -2.10. The molecule has 0 N–H and O–H groups in total. The number of carbonyl (C=O) groups excluding carboxylic acids is 1. The van der Waals surface area contributed by atoms with E-state index in [2.05, 4.69) is 0 Å². The number of hydrogen-bond acceptors (Lipinski definition) is 3. The molecular weight excluding hydrogens is 387 g/mol. The minimum Gasteiger partial charge on any atom is -0.462 e. The number of rotatable bonds is 4. The third-order valence-corrected chi connectivity index (χ3v) is 5.74. The summed E-state index contributed by atoms with van der Waals surface area (Å²) in [5, 5.41) is 1.38. The number of ether oxygens (including phenoxy) is 1. The first-order valence-corrected chi connectivity index (χ1v) is 9.82. The van der Waals surface area contributed by atoms with Crippen molar-refractivity contribution in [3.63, 3.8) is 0 Å². The first kappa shape index (κ1) is 19.0. The van der Waals surface area contributed by atoms with Crippen LogP contribution in [0.4, 0.5) is 0 Å². The van der Waals surface area contributed by atoms with Gasteiger partial charge in [0.2, 0.25) is 0 Å². The van der Waals surface area contributed by atoms with Crippen LogP contribution in [0, 0.1) is 13.8 Å². The molecule has 0 saturated heterocycles. The lowest BCUT2D eigenvalue weighted by Crippen LogP contribution is -2.01. The highest BCUT2D eigenvalue weighted by atomic mass is 35.5. The van der Waals surface area contributed by atoms with Crippen molar-refractivity contribution in [2.75, 3.05) is 6.61 Å². The zero-order valence-electron chi connectivity index (χ0n) is 14.7. The lowest BCUT2D eigenvalue weighted by molar-refractivity contribution is 0.0532. The van der Waals surface area contributed by atoms with Gasteiger partial charge >= 0.3 is 5.97 Å². The summed E-state index contributed by atoms with van der Waals surface area (Å²) in [6.45, 7) is 6.19. The van der Waals surface area contributed by atoms with Gasteiger partial charge in [-0.25, -0.2) is 4.79 Å². The van der Waals surface area contributed by atoms with Crippen molar-refractivity contribution in [2.45, 2.75) is 20.8 Å². The van der Waals surface area contributed by atoms with Crippen molar-refractivity contribution in [3.05, 3.63) is 68.5 Å². The summed E-state index contributed by atoms with van der Waals surface area (Å²) < 4.78 is 5.20. The molecule has 0 saturated carbocycles. The second kappa shape index (κ2) is 7.83. The van der Waals surface area contributed by atoms with Crippen LogP contribution in [0.3, 0.4) is 0 Å². The van der Waals surface area contributed by atoms with Crippen LogP contribution in [0.2, 0.25) is 10.0 Å². The van der Waals surface area contributed by atoms with Crippen molar-refractivity contribution < 1.29 is 9.53 Å². The minimum atomic E-state index is -0.303. The maximum absolute atomic E-state index is 12.3. The van der Waals surface area contributed by atoms with E-state index in [1.165, 1.54) is 11.3 Å². The molecular formula is C21H18Cl2O2S. The van der Waals surface area contributed by atoms with Crippen LogP contribution < -0.4 is 0 Å². The van der Waals surface area contributed by atoms with Gasteiger partial charge in [0.05, 0.1) is 6.61 Å². The fraction of sp³-hybridized carbons (Fsp3) is 0.190. The summed E-state index contributed by atoms with van der Waals surface area (Å²) in [5.74, 6) is -0.303. The van der Waals surface area contributed by atoms with E-state index >= 15 is 0 Å². The summed E-state index contributed by atoms with van der Waals surface area (Å²) >= 11 is 13.7. The van der Waals surface area contributed by atoms with E-state index in [4.69, 9.17) is 27.9 Å². The van der Waals surface area contributed by atoms with Crippen LogP contribution in [-0.4, -0.2) is 12.6 Å². The van der Waals surface area contributed by atoms with Gasteiger partial charge in [-0.1, -0.05) is 35.3 Å². The first-order valence-electron chi connectivity index (χ1n) is 8.24. The molecule has 0 atom stereocenters. The summed E-state index contributed by atoms with van der Waals surface area (Å²) in [5.41, 5.74) is 5.21. The van der Waals surface area contributed by atoms with Gasteiger partial charge in [-0.2, -0.15) is 0 Å². The first-order chi connectivity index (χ1) is 12.4. The van der Waals surface area contributed by atoms with Crippen molar-refractivity contribution in [1.82, 2.24) is 0 Å². The van der Waals surface area contributed by atoms with Gasteiger partial charge < -0.3 is 4.74 Å². The zero-order chi connectivity index (χ0) is 18.8. The molecule has 2 nitrogen and oxygen atoms in total. The molecule has 26 heavy (non-hydrogen) atoms. The van der Waals surface area contributed by atoms with Crippen LogP contribution in [0.5, 0.6) is 0 Å². The summed E-state index contributed by atoms with van der Waals surface area (Å²) in [6.07, 6.45) is 0. The maximum Gasteiger partial charge on any atom is 0.348 e. The van der Waals surface area contributed by atoms with E-state index in [9.17, 15) is 4.79 Å². The minimum absolute atomic E-state index is 0.303. The Morgan fingerprint density at radius 3 is 2.04 bits per heavy atom. The highest BCUT2D eigenvalue weighted by molar-refractivity contribution is 7.18. The van der Waals surface area contributed by atoms with Gasteiger partial charge in [-0.15, -0.1) is 11.3 Å². The number of hydrogen-bond donors (Lipinski definition) is 0. The standard InChI is InChI=1S/C21H18Cl2O2S/c1-4-25-21(24)19-11-18(16-7-5-14(22)9-12(16)2)20(26-19)17-8-6-15(23)10-13(17)3/h5-11H,4H2,1-3H3. The normalized spacial score (nSPS) is 10.8. The molecule has 0 radical (unpaired) electrons. The second-order valence-corrected chi connectivity index (χ2v) is 7.92. The molecule has 5 heteroatoms. The highest BCUT2D eigenvalue weighted by Gasteiger charge is 2.20. The Kier molecular flexibility index (Phi) is 5.71. The van der Waals surface area contributed by atoms with Gasteiger partial charge in [0.15, 0.2) is 0 Å². The molecule has 134 valence electrons. The Morgan fingerprint density at radius 2 is 1.50 bits per heavy atom. The average molecular weight is 405 g/mol. The Bertz CT molecular complexity index is 907. The number of thiophene rings is 1. The van der Waals surface area contributed by atoms with Crippen molar-refractivity contribution >= 4 is 40.5 Å². The molecule has 0 spiro atoms. The quantitative estimate of drug-likeness (QED) is 0.430. The molecule has 1 heterocycles. The predicted molar refractivity (Wildman–Crippen MR) is 111 cm³/mol. The van der Waals surface area contributed by atoms with Crippen LogP contribution in [0.1, 0.15) is 27.7 Å². The zero-order valence-corrected chi connectivity index (χ0v) is 17.1. The molecule has 0 aliphatic rings. The Labute approximate surface area is 167 Å². The molecule has 0 aliphatic carbocycles. The van der Waals surface area contributed by atoms with Crippen molar-refractivity contribution in [1.29, 1.82) is 0 Å². The summed E-state index contributed by atoms with van der Waals surface area (Å²) in [6, 6.07) is 13.5. The molecule has 3 aromatic rings. The third-order valence-electron chi connectivity index (χ3n) is 4.12. The topological polar surface area (TPSA) is 26.3 Å². The van der Waals surface area contributed by atoms with Gasteiger partial charge in [-0.3, -0.25) is 0 Å². The van der Waals surface area contributed by atoms with Gasteiger partial charge in [0.1, 0.15) is 4.88 Å². The third kappa shape index (κ3) is 3.80. The summed E-state index contributed by atoms with van der Waals surface area (Å²) in [4.78, 5) is 13.9. The molecule has 0 aliphatic heterocycles. The number of esters is 1. The number of aryl methyl sites for hydroxylation is 2. The Morgan fingerprint density at radius 1 is 0.923 bits per heavy atom. The summed E-state index contributed by atoms with van der Waals surface area (Å²) in [7, 11) is 0. The largest absolute Gasteiger partial charge is 0.462 e. The predicted octanol–water partition coefficient (Wildman–Crippen LogP) is 7.18. The van der Waals surface area contributed by atoms with Crippen LogP contribution in [-0.2, 0) is 4.74 Å². The van der Waals surface area contributed by atoms with Gasteiger partial charge in [0.25, 0.3) is 0 Å². The molecule has 1 aromatic heterocycles. The van der Waals surface area contributed by atoms with Gasteiger partial charge in [0, 0.05) is 20.5 Å².